The van der Waals surface area contributed by atoms with Crippen LogP contribution in [0.4, 0.5) is 0 Å². The maximum atomic E-state index is 3.93. The highest BCUT2D eigenvalue weighted by Crippen LogP contribution is 2.22. The van der Waals surface area contributed by atoms with Crippen LogP contribution >= 0.6 is 0 Å². The van der Waals surface area contributed by atoms with Gasteiger partial charge in [0, 0.05) is 13.3 Å². The molecule has 0 unspecified atom stereocenters. The Kier molecular flexibility index (Phi) is 7.81. The topological polar surface area (TPSA) is 12.4 Å². The van der Waals surface area contributed by atoms with E-state index in [1.807, 2.05) is 32.2 Å². The van der Waals surface area contributed by atoms with Crippen LogP contribution in [0.5, 0.6) is 0 Å². The van der Waals surface area contributed by atoms with Crippen molar-refractivity contribution in [1.29, 1.82) is 0 Å². The molecule has 0 atom stereocenters. The molecule has 0 bridgehead atoms. The summed E-state index contributed by atoms with van der Waals surface area (Å²) in [5.41, 5.74) is 5.24. The van der Waals surface area contributed by atoms with Crippen LogP contribution in [0, 0.1) is 6.92 Å². The number of nitrogens with zero attached hydrogens (tertiary/aromatic N) is 1. The predicted octanol–water partition coefficient (Wildman–Crippen LogP) is 5.49. The number of benzene rings is 2. The van der Waals surface area contributed by atoms with Crippen LogP contribution in [-0.4, -0.2) is 13.3 Å². The van der Waals surface area contributed by atoms with E-state index in [0.29, 0.717) is 0 Å². The zero-order valence-corrected chi connectivity index (χ0v) is 13.5. The number of aliphatic imine (C=N–C) groups is 1. The zero-order chi connectivity index (χ0) is 15.5. The molecule has 0 radical (unpaired) electrons. The highest BCUT2D eigenvalue weighted by Gasteiger charge is 2.00. The standard InChI is InChI=1S/C18H19N.C2H6/c1-15-14-18(17-9-4-3-5-10-17)12-11-16(15)8-6-7-13-19-2;1-2/h3-7,9-14H,8H2,1-2H3;1-2H3/b7-6-,19-13?;. The second-order valence-corrected chi connectivity index (χ2v) is 4.55. The monoisotopic (exact) mass is 279 g/mol. The lowest BCUT2D eigenvalue weighted by molar-refractivity contribution is 1.22. The van der Waals surface area contributed by atoms with Gasteiger partial charge in [0.05, 0.1) is 0 Å². The molecule has 0 aliphatic heterocycles. The van der Waals surface area contributed by atoms with E-state index in [9.17, 15) is 0 Å². The molecular formula is C20H25N. The number of hydrogen-bond donors (Lipinski definition) is 0. The summed E-state index contributed by atoms with van der Waals surface area (Å²) in [5, 5.41) is 0. The maximum Gasteiger partial charge on any atom is 0.0277 e. The van der Waals surface area contributed by atoms with Crippen molar-refractivity contribution in [3.05, 3.63) is 71.8 Å². The molecule has 0 aliphatic carbocycles. The van der Waals surface area contributed by atoms with Gasteiger partial charge in [0.1, 0.15) is 0 Å². The van der Waals surface area contributed by atoms with Gasteiger partial charge in [-0.05, 0) is 41.7 Å². The van der Waals surface area contributed by atoms with E-state index in [-0.39, 0.29) is 0 Å². The number of aryl methyl sites for hydroxylation is 1. The van der Waals surface area contributed by atoms with Crippen LogP contribution in [0.15, 0.2) is 65.7 Å². The van der Waals surface area contributed by atoms with Crippen LogP contribution in [0.25, 0.3) is 11.1 Å². The Hall–Kier alpha value is -2.15. The molecule has 2 rings (SSSR count). The van der Waals surface area contributed by atoms with E-state index in [2.05, 4.69) is 60.5 Å². The first-order chi connectivity index (χ1) is 10.3. The molecule has 1 heteroatoms. The molecule has 110 valence electrons. The average Bonchev–Trinajstić information content (AvgIpc) is 2.55. The minimum Gasteiger partial charge on any atom is -0.297 e. The van der Waals surface area contributed by atoms with E-state index in [4.69, 9.17) is 0 Å². The van der Waals surface area contributed by atoms with Gasteiger partial charge in [-0.15, -0.1) is 0 Å². The first-order valence-electron chi connectivity index (χ1n) is 7.53. The molecule has 0 fully saturated rings. The molecule has 0 aromatic heterocycles. The maximum absolute atomic E-state index is 3.93. The fourth-order valence-corrected chi connectivity index (χ4v) is 2.08. The summed E-state index contributed by atoms with van der Waals surface area (Å²) < 4.78 is 0. The lowest BCUT2D eigenvalue weighted by atomic mass is 9.98. The summed E-state index contributed by atoms with van der Waals surface area (Å²) in [6.45, 7) is 6.17. The van der Waals surface area contributed by atoms with E-state index >= 15 is 0 Å². The van der Waals surface area contributed by atoms with Crippen LogP contribution in [0.1, 0.15) is 25.0 Å². The smallest absolute Gasteiger partial charge is 0.0277 e. The van der Waals surface area contributed by atoms with Gasteiger partial charge in [0.25, 0.3) is 0 Å². The van der Waals surface area contributed by atoms with Crippen LogP contribution < -0.4 is 0 Å². The van der Waals surface area contributed by atoms with Gasteiger partial charge in [0.2, 0.25) is 0 Å². The Morgan fingerprint density at radius 1 is 0.952 bits per heavy atom. The quantitative estimate of drug-likeness (QED) is 0.656. The number of rotatable bonds is 4. The van der Waals surface area contributed by atoms with Gasteiger partial charge >= 0.3 is 0 Å². The molecule has 0 heterocycles. The summed E-state index contributed by atoms with van der Waals surface area (Å²) in [6, 6.07) is 17.1. The van der Waals surface area contributed by atoms with Crippen molar-refractivity contribution in [1.82, 2.24) is 0 Å². The predicted molar refractivity (Wildman–Crippen MR) is 95.2 cm³/mol. The SMILES string of the molecule is CC.CN=C/C=C\Cc1ccc(-c2ccccc2)cc1C. The Balaban J connectivity index is 0.00000106. The molecule has 0 saturated carbocycles. The molecule has 0 amide bonds. The van der Waals surface area contributed by atoms with E-state index in [0.717, 1.165) is 6.42 Å². The van der Waals surface area contributed by atoms with Crippen molar-refractivity contribution in [2.75, 3.05) is 7.05 Å². The first kappa shape index (κ1) is 16.9. The lowest BCUT2D eigenvalue weighted by Gasteiger charge is -2.07. The Morgan fingerprint density at radius 2 is 1.67 bits per heavy atom. The summed E-state index contributed by atoms with van der Waals surface area (Å²) in [7, 11) is 1.78. The minimum atomic E-state index is 0.951. The van der Waals surface area contributed by atoms with Crippen molar-refractivity contribution in [2.45, 2.75) is 27.2 Å². The third-order valence-corrected chi connectivity index (χ3v) is 3.16. The number of allylic oxidation sites excluding steroid dienone is 2. The fraction of sp³-hybridized carbons (Fsp3) is 0.250. The van der Waals surface area contributed by atoms with E-state index in [1.165, 1.54) is 22.3 Å². The highest BCUT2D eigenvalue weighted by molar-refractivity contribution is 5.71. The van der Waals surface area contributed by atoms with Crippen molar-refractivity contribution in [3.8, 4) is 11.1 Å². The van der Waals surface area contributed by atoms with Gasteiger partial charge in [-0.25, -0.2) is 0 Å². The second kappa shape index (κ2) is 9.71. The van der Waals surface area contributed by atoms with Crippen LogP contribution in [0.2, 0.25) is 0 Å². The Labute approximate surface area is 129 Å². The third kappa shape index (κ3) is 5.39. The van der Waals surface area contributed by atoms with Gasteiger partial charge in [-0.3, -0.25) is 4.99 Å². The third-order valence-electron chi connectivity index (χ3n) is 3.16. The molecule has 0 spiro atoms. The Bertz CT molecular complexity index is 580. The van der Waals surface area contributed by atoms with Gasteiger partial charge < -0.3 is 0 Å². The molecule has 21 heavy (non-hydrogen) atoms. The van der Waals surface area contributed by atoms with Crippen LogP contribution in [-0.2, 0) is 6.42 Å². The first-order valence-corrected chi connectivity index (χ1v) is 7.53. The van der Waals surface area contributed by atoms with Gasteiger partial charge in [-0.1, -0.05) is 68.5 Å². The molecule has 0 saturated heterocycles. The normalized spacial score (nSPS) is 10.7. The molecule has 1 nitrogen and oxygen atoms in total. The van der Waals surface area contributed by atoms with Crippen LogP contribution in [0.3, 0.4) is 0 Å². The molecule has 2 aromatic carbocycles. The van der Waals surface area contributed by atoms with Crippen molar-refractivity contribution < 1.29 is 0 Å². The largest absolute Gasteiger partial charge is 0.297 e. The Morgan fingerprint density at radius 3 is 2.29 bits per heavy atom. The summed E-state index contributed by atoms with van der Waals surface area (Å²) in [4.78, 5) is 3.93. The zero-order valence-electron chi connectivity index (χ0n) is 13.5. The van der Waals surface area contributed by atoms with Crippen molar-refractivity contribution in [3.63, 3.8) is 0 Å². The van der Waals surface area contributed by atoms with Crippen molar-refractivity contribution >= 4 is 6.21 Å². The number of hydrogen-bond acceptors (Lipinski definition) is 1. The minimum absolute atomic E-state index is 0.951. The van der Waals surface area contributed by atoms with Crippen molar-refractivity contribution in [2.24, 2.45) is 4.99 Å². The van der Waals surface area contributed by atoms with E-state index in [1.54, 1.807) is 7.05 Å². The lowest BCUT2D eigenvalue weighted by Crippen LogP contribution is -1.88. The van der Waals surface area contributed by atoms with Gasteiger partial charge in [-0.2, -0.15) is 0 Å². The molecule has 2 aromatic rings. The molecule has 0 aliphatic rings. The second-order valence-electron chi connectivity index (χ2n) is 4.55. The summed E-state index contributed by atoms with van der Waals surface area (Å²) in [5.74, 6) is 0. The highest BCUT2D eigenvalue weighted by atomic mass is 14.6. The summed E-state index contributed by atoms with van der Waals surface area (Å²) >= 11 is 0. The molecule has 0 N–H and O–H groups in total. The van der Waals surface area contributed by atoms with E-state index < -0.39 is 0 Å². The fourth-order valence-electron chi connectivity index (χ4n) is 2.08. The average molecular weight is 279 g/mol. The summed E-state index contributed by atoms with van der Waals surface area (Å²) in [6.07, 6.45) is 6.89. The molecular weight excluding hydrogens is 254 g/mol. The van der Waals surface area contributed by atoms with Gasteiger partial charge in [0.15, 0.2) is 0 Å².